The van der Waals surface area contributed by atoms with Crippen molar-refractivity contribution in [3.8, 4) is 17.2 Å². The van der Waals surface area contributed by atoms with Crippen LogP contribution in [0.15, 0.2) is 143 Å². The molecule has 12 fully saturated rings. The molecular formula is C91H124Br5O15P. The summed E-state index contributed by atoms with van der Waals surface area (Å²) in [5.41, 5.74) is 15.9. The fraction of sp³-hybridized carbons (Fsp3) is 0.527. The van der Waals surface area contributed by atoms with Gasteiger partial charge in [0.05, 0.1) is 0 Å². The Bertz CT molecular complexity index is 4000. The number of methoxy groups -OCH3 is 5. The third-order valence-corrected chi connectivity index (χ3v) is 28.6. The zero-order valence-electron chi connectivity index (χ0n) is 69.3. The Balaban J connectivity index is 0.000000237. The van der Waals surface area contributed by atoms with Crippen LogP contribution in [0.2, 0.25) is 0 Å². The first-order valence-corrected chi connectivity index (χ1v) is 43.9. The molecule has 4 N–H and O–H groups in total. The molecule has 15 nitrogen and oxygen atoms in total. The van der Waals surface area contributed by atoms with Gasteiger partial charge in [0.25, 0.3) is 0 Å². The van der Waals surface area contributed by atoms with Crippen LogP contribution in [0.4, 0.5) is 0 Å². The Morgan fingerprint density at radius 2 is 0.732 bits per heavy atom. The number of Topliss-reactive ketones (excluding diaryl/α,β-unsaturated/α-hetero) is 1. The molecule has 1 atom stereocenters. The molecule has 0 heterocycles. The van der Waals surface area contributed by atoms with Crippen LogP contribution in [-0.4, -0.2) is 95.7 Å². The third kappa shape index (κ3) is 25.8. The Morgan fingerprint density at radius 1 is 0.420 bits per heavy atom. The van der Waals surface area contributed by atoms with E-state index in [1.54, 1.807) is 95.9 Å². The van der Waals surface area contributed by atoms with Crippen molar-refractivity contribution in [2.75, 3.05) is 56.9 Å². The van der Waals surface area contributed by atoms with Crippen molar-refractivity contribution in [2.24, 2.45) is 71.0 Å². The van der Waals surface area contributed by atoms with Crippen LogP contribution in [0.25, 0.3) is 11.1 Å². The van der Waals surface area contributed by atoms with E-state index in [9.17, 15) is 29.2 Å². The number of carbonyl (C=O) groups is 3. The van der Waals surface area contributed by atoms with Gasteiger partial charge in [0.15, 0.2) is 31.0 Å². The predicted octanol–water partition coefficient (Wildman–Crippen LogP) is 26.1. The van der Waals surface area contributed by atoms with Gasteiger partial charge >= 0.3 is 7.60 Å². The SMILES string of the molecule is C.CC(=C1C2CC3CC(C2)CC1C3)c1cc(C)ccc1Br.CC(=C1C2CC3CC(C2)CC1C3)c1cc(O)ccc1C=O.CO.COC(OC)c1cc(C)ccc1Br.COC(OC)c1cc(O)ccc1Br.COC(c1cc(C)ccc1Br)P(=O)(OC)OC.O=C1C2CC3CC(C2)CC1C3.O=Cc1cc(O)ccc1Br.[2H]CC.[2H]CC. The van der Waals surface area contributed by atoms with Crippen molar-refractivity contribution in [3.05, 3.63) is 198 Å². The van der Waals surface area contributed by atoms with Crippen LogP contribution in [0.5, 0.6) is 17.2 Å². The number of carbonyl (C=O) groups excluding carboxylic acids is 3. The van der Waals surface area contributed by atoms with Crippen LogP contribution >= 0.6 is 87.2 Å². The van der Waals surface area contributed by atoms with Gasteiger partial charge in [-0.25, -0.2) is 0 Å². The highest BCUT2D eigenvalue weighted by Crippen LogP contribution is 2.62. The van der Waals surface area contributed by atoms with Crippen LogP contribution in [0.3, 0.4) is 0 Å². The summed E-state index contributed by atoms with van der Waals surface area (Å²) in [4.78, 5) is 33.1. The number of hydrogen-bond acceptors (Lipinski definition) is 15. The third-order valence-electron chi connectivity index (χ3n) is 23.0. The second-order valence-corrected chi connectivity index (χ2v) is 36.6. The van der Waals surface area contributed by atoms with Gasteiger partial charge < -0.3 is 53.2 Å². The Hall–Kier alpha value is -4.48. The average Bonchev–Trinajstić information content (AvgIpc) is 0.754. The Morgan fingerprint density at radius 3 is 1.11 bits per heavy atom. The number of ketones is 1. The average molecular weight is 1890 g/mol. The summed E-state index contributed by atoms with van der Waals surface area (Å²) in [7, 11) is 8.21. The number of hydrogen-bond donors (Lipinski definition) is 4. The number of benzene rings is 6. The van der Waals surface area contributed by atoms with E-state index in [4.69, 9.17) is 45.7 Å². The lowest BCUT2D eigenvalue weighted by atomic mass is 9.53. The van der Waals surface area contributed by atoms with Crippen LogP contribution in [-0.2, 0) is 42.1 Å². The Kier molecular flexibility index (Phi) is 40.4. The zero-order valence-corrected chi connectivity index (χ0v) is 76.2. The van der Waals surface area contributed by atoms with E-state index in [0.29, 0.717) is 53.3 Å². The van der Waals surface area contributed by atoms with E-state index in [-0.39, 0.29) is 31.0 Å². The molecule has 21 heteroatoms. The van der Waals surface area contributed by atoms with E-state index in [2.05, 4.69) is 119 Å². The van der Waals surface area contributed by atoms with Crippen molar-refractivity contribution in [2.45, 2.75) is 184 Å². The normalized spacial score (nSPS) is 23.5. The second-order valence-electron chi connectivity index (χ2n) is 30.0. The van der Waals surface area contributed by atoms with Gasteiger partial charge in [-0.15, -0.1) is 0 Å². The number of phenolic OH excluding ortho intramolecular Hbond substituents is 3. The highest BCUT2D eigenvalue weighted by molar-refractivity contribution is 9.11. The minimum atomic E-state index is -3.31. The summed E-state index contributed by atoms with van der Waals surface area (Å²) in [6.07, 6.45) is 21.5. The molecule has 12 bridgehead atoms. The number of rotatable bonds is 15. The van der Waals surface area contributed by atoms with E-state index in [1.165, 1.54) is 157 Å². The van der Waals surface area contributed by atoms with Gasteiger partial charge in [-0.2, -0.15) is 0 Å². The maximum atomic E-state index is 12.4. The zero-order chi connectivity index (χ0) is 83.6. The highest BCUT2D eigenvalue weighted by atomic mass is 79.9. The van der Waals surface area contributed by atoms with Gasteiger partial charge in [-0.05, 0) is 291 Å². The number of aldehydes is 2. The minimum absolute atomic E-state index is 0. The number of aliphatic hydroxyl groups excluding tert-OH is 1. The summed E-state index contributed by atoms with van der Waals surface area (Å²) in [6.45, 7) is 15.3. The van der Waals surface area contributed by atoms with Crippen molar-refractivity contribution < 1.29 is 74.8 Å². The van der Waals surface area contributed by atoms with Crippen LogP contribution in [0, 0.1) is 91.8 Å². The molecule has 12 aliphatic carbocycles. The largest absolute Gasteiger partial charge is 0.508 e. The van der Waals surface area contributed by atoms with Crippen molar-refractivity contribution in [1.29, 1.82) is 0 Å². The van der Waals surface area contributed by atoms with E-state index >= 15 is 0 Å². The van der Waals surface area contributed by atoms with Crippen LogP contribution in [0.1, 0.15) is 232 Å². The molecule has 18 rings (SSSR count). The predicted molar refractivity (Wildman–Crippen MR) is 471 cm³/mol. The summed E-state index contributed by atoms with van der Waals surface area (Å²) < 4.78 is 65.1. The van der Waals surface area contributed by atoms with Crippen molar-refractivity contribution in [3.63, 3.8) is 0 Å². The lowest BCUT2D eigenvalue weighted by Gasteiger charge is -2.52. The quantitative estimate of drug-likeness (QED) is 0.0428. The number of aryl methyl sites for hydroxylation is 3. The van der Waals surface area contributed by atoms with E-state index < -0.39 is 19.7 Å². The maximum Gasteiger partial charge on any atom is 0.363 e. The first kappa shape index (κ1) is 94.7. The second kappa shape index (κ2) is 47.8. The van der Waals surface area contributed by atoms with Gasteiger partial charge in [0, 0.05) is 122 Å². The van der Waals surface area contributed by atoms with Gasteiger partial charge in [-0.1, -0.05) is 173 Å². The minimum Gasteiger partial charge on any atom is -0.508 e. The fourth-order valence-electron chi connectivity index (χ4n) is 18.9. The number of ether oxygens (including phenoxy) is 5. The Labute approximate surface area is 713 Å². The van der Waals surface area contributed by atoms with Crippen molar-refractivity contribution in [1.82, 2.24) is 0 Å². The number of allylic oxidation sites excluding steroid dienone is 4. The molecule has 12 aliphatic rings. The van der Waals surface area contributed by atoms with Crippen molar-refractivity contribution >= 4 is 117 Å². The first-order valence-electron chi connectivity index (χ1n) is 39.8. The number of aromatic hydroxyl groups is 3. The lowest BCUT2D eigenvalue weighted by molar-refractivity contribution is -0.139. The molecular weight excluding hydrogens is 1760 g/mol. The molecule has 6 aromatic carbocycles. The standard InChI is InChI=1S/C19H23Br.C19H22O2.C11H16BrO4P.C10H13BrO2.C10H14O.C9H11BrO3.C7H5BrO2.2C2H6.CH4O.CH4/c1-11-3-4-18(20)17(5-11)12(2)19-15-7-13-6-14(9-15)10-16(19)8-13;1-11(18-9-17(21)3-2-14(18)10-20)19-15-5-12-4-13(7-15)8-16(19)6-12;1-8-5-6-10(12)9(7-8)11(14-2)17(13,15-3)16-4;1-7-4-5-9(11)8(6-7)10(12-2)13-3;11-10-8-2-6-1-7(4-8)5-9(10)3-6;1-12-9(13-2)7-5-6(11)3-4-8(7)10;8-7-2-1-6(10)3-5(7)4-9;3*1-2;/h3-5,13-16H,6-10H2,1-2H3;2-3,9-10,12-13,15-16,21H,4-8H2,1H3;5-7,11H,1-4H3;4-6,10H,1-3H3;6-9H,1-5H2;3-5,9,11H,1-2H3;1-4,10H;2*1-2H3;2H,1H3;1H4/i;;;;;;;2*1D;;. The smallest absolute Gasteiger partial charge is 0.363 e. The summed E-state index contributed by atoms with van der Waals surface area (Å²) >= 11 is 17.1. The molecule has 6 aromatic rings. The fourth-order valence-corrected chi connectivity index (χ4v) is 22.6. The first-order chi connectivity index (χ1) is 54.0. The summed E-state index contributed by atoms with van der Waals surface area (Å²) in [5.74, 6) is 10.6. The number of aliphatic hydroxyl groups is 1. The summed E-state index contributed by atoms with van der Waals surface area (Å²) in [5, 5.41) is 34.9. The molecule has 0 aromatic heterocycles. The molecule has 0 amide bonds. The topological polar surface area (TPSA) is 214 Å². The molecule has 0 aliphatic heterocycles. The summed E-state index contributed by atoms with van der Waals surface area (Å²) in [6, 6.07) is 33.1. The molecule has 12 saturated carbocycles. The van der Waals surface area contributed by atoms with E-state index in [1.807, 2.05) is 55.8 Å². The highest BCUT2D eigenvalue weighted by Gasteiger charge is 2.49. The van der Waals surface area contributed by atoms with Gasteiger partial charge in [-0.3, -0.25) is 18.9 Å². The molecule has 618 valence electrons. The maximum absolute atomic E-state index is 12.4. The molecule has 0 spiro atoms. The lowest BCUT2D eigenvalue weighted by Crippen LogP contribution is -2.45. The number of phenols is 3. The molecule has 0 radical (unpaired) electrons. The molecule has 0 saturated heterocycles. The molecule has 112 heavy (non-hydrogen) atoms. The molecule has 1 unspecified atom stereocenters. The monoisotopic (exact) mass is 1880 g/mol. The van der Waals surface area contributed by atoms with Gasteiger partial charge in [0.2, 0.25) is 0 Å². The van der Waals surface area contributed by atoms with E-state index in [0.717, 1.165) is 114 Å². The van der Waals surface area contributed by atoms with Crippen LogP contribution < -0.4 is 0 Å². The number of halogens is 5. The van der Waals surface area contributed by atoms with Gasteiger partial charge in [0.1, 0.15) is 23.0 Å².